The molecule has 4 heteroatoms. The monoisotopic (exact) mass is 318 g/mol. The third kappa shape index (κ3) is 4.12. The molecule has 0 spiro atoms. The number of rotatable bonds is 6. The molecular weight excluding hydrogens is 288 g/mol. The second-order valence-electron chi connectivity index (χ2n) is 7.41. The van der Waals surface area contributed by atoms with Crippen LogP contribution in [0.3, 0.4) is 0 Å². The average molecular weight is 318 g/mol. The highest BCUT2D eigenvalue weighted by atomic mass is 16.3. The summed E-state index contributed by atoms with van der Waals surface area (Å²) >= 11 is 0. The molecule has 1 N–H and O–H groups in total. The van der Waals surface area contributed by atoms with Crippen LogP contribution in [0.25, 0.3) is 0 Å². The van der Waals surface area contributed by atoms with Crippen molar-refractivity contribution in [2.24, 2.45) is 5.92 Å². The van der Waals surface area contributed by atoms with Gasteiger partial charge in [0.05, 0.1) is 6.61 Å². The molecule has 1 heterocycles. The maximum absolute atomic E-state index is 12.1. The van der Waals surface area contributed by atoms with Crippen molar-refractivity contribution in [1.82, 2.24) is 9.80 Å². The fourth-order valence-corrected chi connectivity index (χ4v) is 3.76. The van der Waals surface area contributed by atoms with Gasteiger partial charge in [-0.3, -0.25) is 9.69 Å². The molecule has 0 radical (unpaired) electrons. The van der Waals surface area contributed by atoms with E-state index in [0.29, 0.717) is 5.92 Å². The lowest BCUT2D eigenvalue weighted by atomic mass is 9.87. The van der Waals surface area contributed by atoms with Crippen LogP contribution >= 0.6 is 0 Å². The molecule has 128 valence electrons. The zero-order chi connectivity index (χ0) is 17.0. The molecule has 1 aliphatic rings. The number of nitrogens with zero attached hydrogens (tertiary/aromatic N) is 2. The molecule has 1 aromatic rings. The molecule has 1 saturated heterocycles. The van der Waals surface area contributed by atoms with Gasteiger partial charge in [-0.25, -0.2) is 0 Å². The van der Waals surface area contributed by atoms with Crippen LogP contribution in [0.4, 0.5) is 0 Å². The van der Waals surface area contributed by atoms with E-state index in [1.165, 1.54) is 0 Å². The Bertz CT molecular complexity index is 542. The van der Waals surface area contributed by atoms with Gasteiger partial charge >= 0.3 is 0 Å². The summed E-state index contributed by atoms with van der Waals surface area (Å²) in [6.07, 6.45) is 3.20. The first-order valence-electron chi connectivity index (χ1n) is 8.54. The highest BCUT2D eigenvalue weighted by Crippen LogP contribution is 2.35. The predicted octanol–water partition coefficient (Wildman–Crippen LogP) is 2.76. The van der Waals surface area contributed by atoms with Crippen molar-refractivity contribution in [3.05, 3.63) is 35.4 Å². The topological polar surface area (TPSA) is 43.8 Å². The highest BCUT2D eigenvalue weighted by molar-refractivity contribution is 5.94. The van der Waals surface area contributed by atoms with E-state index in [2.05, 4.69) is 24.8 Å². The molecule has 2 rings (SSSR count). The van der Waals surface area contributed by atoms with Crippen LogP contribution in [0, 0.1) is 5.92 Å². The first kappa shape index (κ1) is 18.0. The molecule has 1 atom stereocenters. The number of aliphatic hydroxyl groups excluding tert-OH is 1. The molecule has 4 nitrogen and oxygen atoms in total. The molecule has 1 amide bonds. The molecule has 0 bridgehead atoms. The SMILES string of the molecule is CC(C)C[C@]1(CO)CCCN1Cc1cccc(C(=O)N(C)C)c1. The molecule has 0 saturated carbocycles. The van der Waals surface area contributed by atoms with E-state index in [-0.39, 0.29) is 18.1 Å². The average Bonchev–Trinajstić information content (AvgIpc) is 2.89. The van der Waals surface area contributed by atoms with Gasteiger partial charge in [0.25, 0.3) is 5.91 Å². The van der Waals surface area contributed by atoms with E-state index in [4.69, 9.17) is 0 Å². The van der Waals surface area contributed by atoms with Gasteiger partial charge < -0.3 is 10.0 Å². The third-order valence-corrected chi connectivity index (χ3v) is 4.78. The Morgan fingerprint density at radius 3 is 2.74 bits per heavy atom. The third-order valence-electron chi connectivity index (χ3n) is 4.78. The predicted molar refractivity (Wildman–Crippen MR) is 93.4 cm³/mol. The van der Waals surface area contributed by atoms with Gasteiger partial charge in [0.2, 0.25) is 0 Å². The molecule has 1 aliphatic heterocycles. The van der Waals surface area contributed by atoms with Gasteiger partial charge in [-0.2, -0.15) is 0 Å². The normalized spacial score (nSPS) is 21.8. The van der Waals surface area contributed by atoms with Gasteiger partial charge in [0, 0.05) is 31.7 Å². The molecule has 0 unspecified atom stereocenters. The first-order chi connectivity index (χ1) is 10.9. The van der Waals surface area contributed by atoms with E-state index in [9.17, 15) is 9.90 Å². The van der Waals surface area contributed by atoms with Gasteiger partial charge in [-0.15, -0.1) is 0 Å². The summed E-state index contributed by atoms with van der Waals surface area (Å²) in [5.74, 6) is 0.591. The minimum absolute atomic E-state index is 0.0314. The second-order valence-corrected chi connectivity index (χ2v) is 7.41. The van der Waals surface area contributed by atoms with Crippen molar-refractivity contribution in [2.45, 2.75) is 45.2 Å². The van der Waals surface area contributed by atoms with Gasteiger partial charge in [0.1, 0.15) is 0 Å². The lowest BCUT2D eigenvalue weighted by Gasteiger charge is -2.38. The van der Waals surface area contributed by atoms with E-state index >= 15 is 0 Å². The Kier molecular flexibility index (Phi) is 5.82. The Hall–Kier alpha value is -1.39. The van der Waals surface area contributed by atoms with Crippen molar-refractivity contribution < 1.29 is 9.90 Å². The standard InChI is InChI=1S/C19H30N2O2/c1-15(2)12-19(14-22)9-6-10-21(19)13-16-7-5-8-17(11-16)18(23)20(3)4/h5,7-8,11,15,22H,6,9-10,12-14H2,1-4H3/t19-/m0/s1. The Labute approximate surface area is 140 Å². The molecule has 0 aromatic heterocycles. The number of benzene rings is 1. The summed E-state index contributed by atoms with van der Waals surface area (Å²) in [6, 6.07) is 7.87. The van der Waals surface area contributed by atoms with Crippen molar-refractivity contribution in [1.29, 1.82) is 0 Å². The summed E-state index contributed by atoms with van der Waals surface area (Å²) in [6.45, 7) is 6.44. The van der Waals surface area contributed by atoms with Crippen molar-refractivity contribution in [3.63, 3.8) is 0 Å². The van der Waals surface area contributed by atoms with Crippen molar-refractivity contribution >= 4 is 5.91 Å². The van der Waals surface area contributed by atoms with Crippen LogP contribution in [0.2, 0.25) is 0 Å². The number of hydrogen-bond donors (Lipinski definition) is 1. The Morgan fingerprint density at radius 2 is 2.13 bits per heavy atom. The fraction of sp³-hybridized carbons (Fsp3) is 0.632. The van der Waals surface area contributed by atoms with Crippen LogP contribution in [0.1, 0.15) is 49.0 Å². The van der Waals surface area contributed by atoms with Gasteiger partial charge in [0.15, 0.2) is 0 Å². The zero-order valence-corrected chi connectivity index (χ0v) is 14.9. The second kappa shape index (κ2) is 7.45. The van der Waals surface area contributed by atoms with Gasteiger partial charge in [-0.05, 0) is 49.4 Å². The number of carbonyl (C=O) groups excluding carboxylic acids is 1. The van der Waals surface area contributed by atoms with Crippen LogP contribution in [-0.2, 0) is 6.54 Å². The maximum atomic E-state index is 12.1. The number of hydrogen-bond acceptors (Lipinski definition) is 3. The highest BCUT2D eigenvalue weighted by Gasteiger charge is 2.40. The zero-order valence-electron chi connectivity index (χ0n) is 14.9. The summed E-state index contributed by atoms with van der Waals surface area (Å²) in [5, 5.41) is 10.0. The van der Waals surface area contributed by atoms with E-state index < -0.39 is 0 Å². The largest absolute Gasteiger partial charge is 0.394 e. The number of aliphatic hydroxyl groups is 1. The Morgan fingerprint density at radius 1 is 1.39 bits per heavy atom. The van der Waals surface area contributed by atoms with Gasteiger partial charge in [-0.1, -0.05) is 26.0 Å². The molecule has 23 heavy (non-hydrogen) atoms. The van der Waals surface area contributed by atoms with E-state index in [1.807, 2.05) is 18.2 Å². The Balaban J connectivity index is 2.17. The fourth-order valence-electron chi connectivity index (χ4n) is 3.76. The summed E-state index contributed by atoms with van der Waals surface area (Å²) in [4.78, 5) is 16.1. The number of carbonyl (C=O) groups is 1. The minimum atomic E-state index is -0.101. The maximum Gasteiger partial charge on any atom is 0.253 e. The van der Waals surface area contributed by atoms with Crippen LogP contribution in [0.15, 0.2) is 24.3 Å². The molecule has 1 fully saturated rings. The molecule has 0 aliphatic carbocycles. The summed E-state index contributed by atoms with van der Waals surface area (Å²) < 4.78 is 0. The lowest BCUT2D eigenvalue weighted by Crippen LogP contribution is -2.47. The van der Waals surface area contributed by atoms with Crippen molar-refractivity contribution in [3.8, 4) is 0 Å². The minimum Gasteiger partial charge on any atom is -0.394 e. The van der Waals surface area contributed by atoms with Crippen LogP contribution in [-0.4, -0.2) is 53.6 Å². The van der Waals surface area contributed by atoms with Crippen molar-refractivity contribution in [2.75, 3.05) is 27.2 Å². The van der Waals surface area contributed by atoms with Crippen LogP contribution < -0.4 is 0 Å². The van der Waals surface area contributed by atoms with E-state index in [0.717, 1.165) is 43.5 Å². The molecule has 1 aromatic carbocycles. The number of amides is 1. The summed E-state index contributed by atoms with van der Waals surface area (Å²) in [5.41, 5.74) is 1.77. The molecular formula is C19H30N2O2. The quantitative estimate of drug-likeness (QED) is 0.877. The first-order valence-corrected chi connectivity index (χ1v) is 8.54. The van der Waals surface area contributed by atoms with Crippen LogP contribution in [0.5, 0.6) is 0 Å². The summed E-state index contributed by atoms with van der Waals surface area (Å²) in [7, 11) is 3.55. The smallest absolute Gasteiger partial charge is 0.253 e. The van der Waals surface area contributed by atoms with E-state index in [1.54, 1.807) is 19.0 Å². The number of likely N-dealkylation sites (tertiary alicyclic amines) is 1. The lowest BCUT2D eigenvalue weighted by molar-refractivity contribution is 0.0409.